The molecule has 0 heterocycles. The maximum atomic E-state index is 13.2. The van der Waals surface area contributed by atoms with Crippen LogP contribution in [0, 0.1) is 0 Å². The maximum absolute atomic E-state index is 13.2. The van der Waals surface area contributed by atoms with Gasteiger partial charge in [-0.05, 0) is 44.0 Å². The van der Waals surface area contributed by atoms with Crippen LogP contribution in [0.2, 0.25) is 0 Å². The first-order valence-electron chi connectivity index (χ1n) is 6.16. The highest BCUT2D eigenvalue weighted by Gasteiger charge is 2.36. The molecule has 0 nitrogen and oxygen atoms in total. The molecule has 0 aliphatic heterocycles. The first-order valence-corrected chi connectivity index (χ1v) is 6.95. The third-order valence-corrected chi connectivity index (χ3v) is 3.91. The fraction of sp³-hybridized carbons (Fsp3) is 0.600. The molecule has 1 aromatic carbocycles. The van der Waals surface area contributed by atoms with E-state index in [2.05, 4.69) is 15.9 Å². The van der Waals surface area contributed by atoms with Crippen molar-refractivity contribution in [1.29, 1.82) is 0 Å². The largest absolute Gasteiger partial charge is 0.417 e. The van der Waals surface area contributed by atoms with Gasteiger partial charge in [0, 0.05) is 4.47 Å². The van der Waals surface area contributed by atoms with Gasteiger partial charge in [-0.15, -0.1) is 0 Å². The Hall–Kier alpha value is -0.510. The van der Waals surface area contributed by atoms with Crippen molar-refractivity contribution in [3.05, 3.63) is 33.3 Å². The summed E-state index contributed by atoms with van der Waals surface area (Å²) in [7, 11) is 0. The fourth-order valence-electron chi connectivity index (χ4n) is 1.81. The quantitative estimate of drug-likeness (QED) is 0.539. The lowest BCUT2D eigenvalue weighted by Crippen LogP contribution is -2.20. The van der Waals surface area contributed by atoms with Gasteiger partial charge in [0.05, 0.1) is 5.56 Å². The Labute approximate surface area is 121 Å². The van der Waals surface area contributed by atoms with Crippen LogP contribution in [0.15, 0.2) is 16.6 Å². The predicted molar refractivity (Wildman–Crippen MR) is 76.5 cm³/mol. The van der Waals surface area contributed by atoms with Crippen molar-refractivity contribution in [2.24, 2.45) is 0 Å². The summed E-state index contributed by atoms with van der Waals surface area (Å²) in [5, 5.41) is 0. The standard InChI is InChI=1S/C15H20BrF3/c1-13(2,3)9-7-10(14(4,5)6)12(16)11(8-9)15(17,18)19/h7-8H,1-6H3. The van der Waals surface area contributed by atoms with Crippen molar-refractivity contribution < 1.29 is 13.2 Å². The fourth-order valence-corrected chi connectivity index (χ4v) is 2.86. The van der Waals surface area contributed by atoms with Crippen LogP contribution < -0.4 is 0 Å². The Morgan fingerprint density at radius 2 is 1.21 bits per heavy atom. The summed E-state index contributed by atoms with van der Waals surface area (Å²) < 4.78 is 39.6. The van der Waals surface area contributed by atoms with Crippen LogP contribution in [-0.4, -0.2) is 0 Å². The highest BCUT2D eigenvalue weighted by molar-refractivity contribution is 9.10. The van der Waals surface area contributed by atoms with Crippen molar-refractivity contribution in [3.63, 3.8) is 0 Å². The highest BCUT2D eigenvalue weighted by Crippen LogP contribution is 2.42. The third kappa shape index (κ3) is 3.74. The van der Waals surface area contributed by atoms with Gasteiger partial charge in [-0.1, -0.05) is 47.6 Å². The lowest BCUT2D eigenvalue weighted by molar-refractivity contribution is -0.138. The van der Waals surface area contributed by atoms with E-state index in [0.717, 1.165) is 0 Å². The van der Waals surface area contributed by atoms with Crippen LogP contribution in [0.25, 0.3) is 0 Å². The summed E-state index contributed by atoms with van der Waals surface area (Å²) in [6.07, 6.45) is -4.35. The van der Waals surface area contributed by atoms with Gasteiger partial charge in [0.2, 0.25) is 0 Å². The van der Waals surface area contributed by atoms with Crippen molar-refractivity contribution >= 4 is 15.9 Å². The Morgan fingerprint density at radius 3 is 1.53 bits per heavy atom. The van der Waals surface area contributed by atoms with E-state index in [-0.39, 0.29) is 15.3 Å². The molecule has 0 atom stereocenters. The second kappa shape index (κ2) is 4.80. The number of alkyl halides is 3. The zero-order valence-corrected chi connectivity index (χ0v) is 13.8. The van der Waals surface area contributed by atoms with Crippen LogP contribution in [0.1, 0.15) is 58.2 Å². The molecule has 0 N–H and O–H groups in total. The molecule has 1 aromatic rings. The molecule has 0 bridgehead atoms. The normalized spacial score (nSPS) is 13.8. The molecule has 0 aliphatic rings. The molecule has 108 valence electrons. The van der Waals surface area contributed by atoms with Crippen LogP contribution in [0.5, 0.6) is 0 Å². The SMILES string of the molecule is CC(C)(C)c1cc(C(C)(C)C)c(Br)c(C(F)(F)F)c1. The van der Waals surface area contributed by atoms with Gasteiger partial charge in [0.25, 0.3) is 0 Å². The van der Waals surface area contributed by atoms with Crippen LogP contribution in [-0.2, 0) is 17.0 Å². The third-order valence-electron chi connectivity index (χ3n) is 3.05. The Kier molecular flexibility index (Phi) is 4.18. The van der Waals surface area contributed by atoms with E-state index >= 15 is 0 Å². The van der Waals surface area contributed by atoms with Gasteiger partial charge in [0.1, 0.15) is 0 Å². The van der Waals surface area contributed by atoms with Crippen molar-refractivity contribution in [1.82, 2.24) is 0 Å². The van der Waals surface area contributed by atoms with E-state index in [1.54, 1.807) is 0 Å². The molecular formula is C15H20BrF3. The molecular weight excluding hydrogens is 317 g/mol. The molecule has 0 radical (unpaired) electrons. The first kappa shape index (κ1) is 16.5. The van der Waals surface area contributed by atoms with Crippen LogP contribution in [0.4, 0.5) is 13.2 Å². The number of benzene rings is 1. The molecule has 19 heavy (non-hydrogen) atoms. The molecule has 0 unspecified atom stereocenters. The Morgan fingerprint density at radius 1 is 0.789 bits per heavy atom. The minimum Gasteiger partial charge on any atom is -0.166 e. The Bertz CT molecular complexity index is 439. The number of rotatable bonds is 0. The summed E-state index contributed by atoms with van der Waals surface area (Å²) >= 11 is 3.13. The number of hydrogen-bond donors (Lipinski definition) is 0. The second-order valence-corrected chi connectivity index (χ2v) is 7.68. The van der Waals surface area contributed by atoms with E-state index in [0.29, 0.717) is 11.1 Å². The summed E-state index contributed by atoms with van der Waals surface area (Å²) in [6, 6.07) is 3.12. The highest BCUT2D eigenvalue weighted by atomic mass is 79.9. The smallest absolute Gasteiger partial charge is 0.166 e. The van der Waals surface area contributed by atoms with Crippen molar-refractivity contribution in [3.8, 4) is 0 Å². The average Bonchev–Trinajstić information content (AvgIpc) is 2.11. The zero-order valence-electron chi connectivity index (χ0n) is 12.2. The van der Waals surface area contributed by atoms with E-state index in [4.69, 9.17) is 0 Å². The topological polar surface area (TPSA) is 0 Å². The van der Waals surface area contributed by atoms with Gasteiger partial charge >= 0.3 is 6.18 Å². The second-order valence-electron chi connectivity index (χ2n) is 6.88. The zero-order chi connectivity index (χ0) is 15.2. The van der Waals surface area contributed by atoms with E-state index in [1.807, 2.05) is 47.6 Å². The first-order chi connectivity index (χ1) is 8.24. The van der Waals surface area contributed by atoms with E-state index in [1.165, 1.54) is 6.07 Å². The van der Waals surface area contributed by atoms with Gasteiger partial charge < -0.3 is 0 Å². The summed E-state index contributed by atoms with van der Waals surface area (Å²) in [4.78, 5) is 0. The Balaban J connectivity index is 3.68. The van der Waals surface area contributed by atoms with Crippen LogP contribution >= 0.6 is 15.9 Å². The number of hydrogen-bond acceptors (Lipinski definition) is 0. The summed E-state index contributed by atoms with van der Waals surface area (Å²) in [5.41, 5.74) is 0.130. The molecule has 0 aliphatic carbocycles. The van der Waals surface area contributed by atoms with Crippen LogP contribution in [0.3, 0.4) is 0 Å². The molecule has 4 heteroatoms. The lowest BCUT2D eigenvalue weighted by atomic mass is 9.79. The van der Waals surface area contributed by atoms with Crippen molar-refractivity contribution in [2.45, 2.75) is 58.5 Å². The van der Waals surface area contributed by atoms with Gasteiger partial charge in [0.15, 0.2) is 0 Å². The van der Waals surface area contributed by atoms with Gasteiger partial charge in [-0.2, -0.15) is 13.2 Å². The molecule has 0 spiro atoms. The average molecular weight is 337 g/mol. The summed E-state index contributed by atoms with van der Waals surface area (Å²) in [6.45, 7) is 11.5. The minimum absolute atomic E-state index is 0.153. The molecule has 0 saturated carbocycles. The molecule has 0 aromatic heterocycles. The molecule has 0 fully saturated rings. The molecule has 1 rings (SSSR count). The molecule has 0 amide bonds. The number of halogens is 4. The van der Waals surface area contributed by atoms with Gasteiger partial charge in [-0.3, -0.25) is 0 Å². The van der Waals surface area contributed by atoms with Gasteiger partial charge in [-0.25, -0.2) is 0 Å². The van der Waals surface area contributed by atoms with E-state index < -0.39 is 11.7 Å². The van der Waals surface area contributed by atoms with Crippen molar-refractivity contribution in [2.75, 3.05) is 0 Å². The predicted octanol–water partition coefficient (Wildman–Crippen LogP) is 6.06. The lowest BCUT2D eigenvalue weighted by Gasteiger charge is -2.28. The van der Waals surface area contributed by atoms with E-state index in [9.17, 15) is 13.2 Å². The maximum Gasteiger partial charge on any atom is 0.417 e. The monoisotopic (exact) mass is 336 g/mol. The minimum atomic E-state index is -4.35. The summed E-state index contributed by atoms with van der Waals surface area (Å²) in [5.74, 6) is 0. The molecule has 0 saturated heterocycles.